The third kappa shape index (κ3) is 5.70. The molecule has 0 spiro atoms. The number of imidazole rings is 1. The number of aromatic nitrogens is 4. The summed E-state index contributed by atoms with van der Waals surface area (Å²) in [4.78, 5) is 36.3. The molecule has 220 valence electrons. The second kappa shape index (κ2) is 10.7. The Kier molecular flexibility index (Phi) is 7.17. The molecule has 0 saturated heterocycles. The summed E-state index contributed by atoms with van der Waals surface area (Å²) in [5, 5.41) is 7.81. The molecule has 1 aliphatic heterocycles. The molecule has 4 heterocycles. The zero-order valence-electron chi connectivity index (χ0n) is 21.7. The maximum Gasteiger partial charge on any atom is 0.573 e. The summed E-state index contributed by atoms with van der Waals surface area (Å²) >= 11 is 7.53. The molecule has 4 aromatic rings. The van der Waals surface area contributed by atoms with Crippen LogP contribution in [0.2, 0.25) is 5.15 Å². The summed E-state index contributed by atoms with van der Waals surface area (Å²) in [5.41, 5.74) is 1.04. The number of alkyl halides is 3. The number of hydrogen-bond donors (Lipinski definition) is 1. The van der Waals surface area contributed by atoms with Crippen LogP contribution in [0.5, 0.6) is 11.5 Å². The number of ether oxygens (including phenoxy) is 2. The number of rotatable bonds is 7. The molecule has 3 aromatic heterocycles. The number of nitrogens with one attached hydrogen (secondary N) is 1. The second-order valence-corrected chi connectivity index (χ2v) is 11.3. The highest BCUT2D eigenvalue weighted by molar-refractivity contribution is 7.16. The molecule has 0 radical (unpaired) electrons. The van der Waals surface area contributed by atoms with Crippen molar-refractivity contribution in [2.75, 3.05) is 13.2 Å². The van der Waals surface area contributed by atoms with Crippen LogP contribution in [0.1, 0.15) is 51.3 Å². The average molecular weight is 625 g/mol. The van der Waals surface area contributed by atoms with Gasteiger partial charge >= 0.3 is 6.36 Å². The van der Waals surface area contributed by atoms with E-state index in [0.717, 1.165) is 25.0 Å². The summed E-state index contributed by atoms with van der Waals surface area (Å²) in [6, 6.07) is 4.64. The molecule has 16 heteroatoms. The van der Waals surface area contributed by atoms with E-state index in [1.165, 1.54) is 32.9 Å². The van der Waals surface area contributed by atoms with Gasteiger partial charge in [0.2, 0.25) is 4.96 Å². The van der Waals surface area contributed by atoms with Gasteiger partial charge in [-0.15, -0.1) is 13.2 Å². The van der Waals surface area contributed by atoms with Crippen LogP contribution in [-0.2, 0) is 11.2 Å². The number of carbonyl (C=O) groups is 2. The van der Waals surface area contributed by atoms with E-state index in [-0.39, 0.29) is 40.7 Å². The van der Waals surface area contributed by atoms with E-state index in [1.807, 2.05) is 0 Å². The number of halogens is 5. The Hall–Kier alpha value is -3.98. The van der Waals surface area contributed by atoms with Gasteiger partial charge in [0, 0.05) is 30.6 Å². The van der Waals surface area contributed by atoms with Crippen LogP contribution in [0.4, 0.5) is 17.6 Å². The molecule has 2 amide bonds. The van der Waals surface area contributed by atoms with Gasteiger partial charge in [-0.2, -0.15) is 5.10 Å². The summed E-state index contributed by atoms with van der Waals surface area (Å²) < 4.78 is 64.6. The Morgan fingerprint density at radius 2 is 1.98 bits per heavy atom. The number of carbonyl (C=O) groups excluding carboxylic acids is 2. The van der Waals surface area contributed by atoms with Crippen molar-refractivity contribution in [2.45, 2.75) is 44.6 Å². The molecule has 1 aromatic carbocycles. The van der Waals surface area contributed by atoms with E-state index in [9.17, 15) is 22.8 Å². The molecule has 1 fully saturated rings. The topological polar surface area (TPSA) is 111 Å². The summed E-state index contributed by atoms with van der Waals surface area (Å²) in [7, 11) is 0. The molecular formula is C26H21ClF4N6O4S. The van der Waals surface area contributed by atoms with Crippen LogP contribution >= 0.6 is 22.9 Å². The van der Waals surface area contributed by atoms with E-state index < -0.39 is 36.5 Å². The van der Waals surface area contributed by atoms with Crippen molar-refractivity contribution in [1.29, 1.82) is 0 Å². The Morgan fingerprint density at radius 1 is 1.19 bits per heavy atom. The van der Waals surface area contributed by atoms with Gasteiger partial charge in [-0.25, -0.2) is 18.9 Å². The number of aryl methyl sites for hydroxylation is 1. The van der Waals surface area contributed by atoms with Crippen LogP contribution in [0.15, 0.2) is 30.3 Å². The quantitative estimate of drug-likeness (QED) is 0.236. The molecule has 42 heavy (non-hydrogen) atoms. The van der Waals surface area contributed by atoms with Gasteiger partial charge in [0.05, 0.1) is 11.4 Å². The lowest BCUT2D eigenvalue weighted by atomic mass is 9.95. The molecule has 0 bridgehead atoms. The van der Waals surface area contributed by atoms with Crippen molar-refractivity contribution in [3.05, 3.63) is 69.0 Å². The van der Waals surface area contributed by atoms with Crippen molar-refractivity contribution in [3.8, 4) is 11.5 Å². The highest BCUT2D eigenvalue weighted by Gasteiger charge is 2.39. The number of fused-ring (bicyclic) bond motifs is 3. The largest absolute Gasteiger partial charge is 0.573 e. The van der Waals surface area contributed by atoms with Crippen molar-refractivity contribution in [2.24, 2.45) is 0 Å². The van der Waals surface area contributed by atoms with E-state index >= 15 is 4.39 Å². The SMILES string of the molecule is Cc1nn2c3c(nc2s1)CCN(C(=O)COc1ccc(C(=O)NC2CC2)nc1Cl)C3c1ccc(OC(F)(F)F)cc1F. The molecule has 1 N–H and O–H groups in total. The fraction of sp³-hybridized carbons (Fsp3) is 0.346. The molecule has 2 aliphatic rings. The van der Waals surface area contributed by atoms with E-state index in [1.54, 1.807) is 6.92 Å². The Morgan fingerprint density at radius 3 is 2.67 bits per heavy atom. The molecule has 1 saturated carbocycles. The lowest BCUT2D eigenvalue weighted by Crippen LogP contribution is -2.43. The minimum Gasteiger partial charge on any atom is -0.481 e. The first-order valence-electron chi connectivity index (χ1n) is 12.8. The van der Waals surface area contributed by atoms with Crippen LogP contribution in [0.25, 0.3) is 4.96 Å². The molecule has 1 unspecified atom stereocenters. The first-order valence-corrected chi connectivity index (χ1v) is 14.0. The van der Waals surface area contributed by atoms with Gasteiger partial charge in [0.15, 0.2) is 17.5 Å². The van der Waals surface area contributed by atoms with Crippen LogP contribution in [-0.4, -0.2) is 61.9 Å². The first-order chi connectivity index (χ1) is 20.0. The average Bonchev–Trinajstić information content (AvgIpc) is 3.56. The zero-order valence-corrected chi connectivity index (χ0v) is 23.3. The minimum absolute atomic E-state index is 0.0592. The summed E-state index contributed by atoms with van der Waals surface area (Å²) in [6.45, 7) is 1.37. The Bertz CT molecular complexity index is 1710. The van der Waals surface area contributed by atoms with Gasteiger partial charge in [0.1, 0.15) is 28.3 Å². The second-order valence-electron chi connectivity index (χ2n) is 9.75. The molecule has 1 atom stereocenters. The molecule has 1 aliphatic carbocycles. The van der Waals surface area contributed by atoms with E-state index in [2.05, 4.69) is 25.1 Å². The van der Waals surface area contributed by atoms with Crippen molar-refractivity contribution >= 4 is 39.7 Å². The lowest BCUT2D eigenvalue weighted by Gasteiger charge is -2.35. The molecule has 10 nitrogen and oxygen atoms in total. The van der Waals surface area contributed by atoms with Gasteiger partial charge < -0.3 is 19.7 Å². The lowest BCUT2D eigenvalue weighted by molar-refractivity contribution is -0.274. The van der Waals surface area contributed by atoms with Crippen LogP contribution in [0.3, 0.4) is 0 Å². The van der Waals surface area contributed by atoms with Crippen molar-refractivity contribution < 1.29 is 36.6 Å². The molecule has 6 rings (SSSR count). The number of nitrogens with zero attached hydrogens (tertiary/aromatic N) is 5. The highest BCUT2D eigenvalue weighted by atomic mass is 35.5. The first kappa shape index (κ1) is 28.2. The third-order valence-corrected chi connectivity index (χ3v) is 7.80. The Labute approximate surface area is 244 Å². The maximum atomic E-state index is 15.4. The van der Waals surface area contributed by atoms with Crippen LogP contribution < -0.4 is 14.8 Å². The minimum atomic E-state index is -5.00. The van der Waals surface area contributed by atoms with Gasteiger partial charge in [0.25, 0.3) is 11.8 Å². The smallest absolute Gasteiger partial charge is 0.481 e. The highest BCUT2D eigenvalue weighted by Crippen LogP contribution is 2.39. The fourth-order valence-corrected chi connectivity index (χ4v) is 5.71. The number of benzene rings is 1. The monoisotopic (exact) mass is 624 g/mol. The maximum absolute atomic E-state index is 15.4. The number of pyridine rings is 1. The van der Waals surface area contributed by atoms with Gasteiger partial charge in [-0.05, 0) is 44.0 Å². The third-order valence-electron chi connectivity index (χ3n) is 6.71. The van der Waals surface area contributed by atoms with Gasteiger partial charge in [-0.3, -0.25) is 9.59 Å². The standard InChI is InChI=1S/C26H21ClF4N6O4S/c1-12-35-37-22-17(34-25(37)42-12)8-9-36(21(22)15-5-4-14(10-16(15)28)41-26(29,30)31)20(38)11-40-19-7-6-18(33-23(19)27)24(39)32-13-2-3-13/h4-7,10,13,21H,2-3,8-9,11H2,1H3,(H,32,39). The van der Waals surface area contributed by atoms with Crippen LogP contribution in [0, 0.1) is 12.7 Å². The summed E-state index contributed by atoms with van der Waals surface area (Å²) in [5.74, 6) is -2.62. The van der Waals surface area contributed by atoms with E-state index in [0.29, 0.717) is 33.8 Å². The van der Waals surface area contributed by atoms with Gasteiger partial charge in [-0.1, -0.05) is 22.9 Å². The van der Waals surface area contributed by atoms with Crippen molar-refractivity contribution in [3.63, 3.8) is 0 Å². The Balaban J connectivity index is 1.28. The fourth-order valence-electron chi connectivity index (χ4n) is 4.74. The normalized spacial score (nSPS) is 16.8. The van der Waals surface area contributed by atoms with Crippen molar-refractivity contribution in [1.82, 2.24) is 29.8 Å². The predicted molar refractivity (Wildman–Crippen MR) is 141 cm³/mol. The summed E-state index contributed by atoms with van der Waals surface area (Å²) in [6.07, 6.45) is -2.86. The predicted octanol–water partition coefficient (Wildman–Crippen LogP) is 4.63. The zero-order chi connectivity index (χ0) is 29.8. The number of amides is 2. The van der Waals surface area contributed by atoms with E-state index in [4.69, 9.17) is 16.3 Å². The molecular weight excluding hydrogens is 604 g/mol. The number of hydrogen-bond acceptors (Lipinski definition) is 8.